The highest BCUT2D eigenvalue weighted by Crippen LogP contribution is 2.30. The molecule has 0 unspecified atom stereocenters. The highest BCUT2D eigenvalue weighted by molar-refractivity contribution is 7.92. The minimum Gasteiger partial charge on any atom is -0.495 e. The molecule has 0 amide bonds. The topological polar surface area (TPSA) is 106 Å². The van der Waals surface area contributed by atoms with Crippen LogP contribution in [0.15, 0.2) is 41.6 Å². The van der Waals surface area contributed by atoms with Crippen LogP contribution in [0, 0.1) is 0 Å². The van der Waals surface area contributed by atoms with Crippen LogP contribution in [-0.2, 0) is 10.0 Å². The molecule has 21 heavy (non-hydrogen) atoms. The molecular weight excluding hydrogens is 316 g/mol. The molecular formula is C12H13ClN4O3S. The van der Waals surface area contributed by atoms with Crippen LogP contribution < -0.4 is 20.7 Å². The van der Waals surface area contributed by atoms with E-state index >= 15 is 0 Å². The summed E-state index contributed by atoms with van der Waals surface area (Å²) in [4.78, 5) is 3.70. The van der Waals surface area contributed by atoms with Gasteiger partial charge in [0, 0.05) is 17.4 Å². The molecule has 2 rings (SSSR count). The third-order valence-electron chi connectivity index (χ3n) is 2.64. The van der Waals surface area contributed by atoms with E-state index in [1.165, 1.54) is 31.6 Å². The lowest BCUT2D eigenvalue weighted by Gasteiger charge is -2.13. The van der Waals surface area contributed by atoms with Gasteiger partial charge < -0.3 is 10.2 Å². The molecule has 0 radical (unpaired) electrons. The normalized spacial score (nSPS) is 11.0. The van der Waals surface area contributed by atoms with Crippen molar-refractivity contribution in [3.63, 3.8) is 0 Å². The molecule has 112 valence electrons. The fraction of sp³-hybridized carbons (Fsp3) is 0.0833. The number of hydrazine groups is 1. The molecule has 0 aliphatic rings. The largest absolute Gasteiger partial charge is 0.495 e. The Morgan fingerprint density at radius 3 is 2.71 bits per heavy atom. The molecule has 1 aromatic carbocycles. The molecule has 0 atom stereocenters. The predicted molar refractivity (Wildman–Crippen MR) is 80.9 cm³/mol. The van der Waals surface area contributed by atoms with E-state index in [0.717, 1.165) is 0 Å². The quantitative estimate of drug-likeness (QED) is 0.571. The Bertz CT molecular complexity index is 752. The van der Waals surface area contributed by atoms with Crippen LogP contribution in [0.1, 0.15) is 0 Å². The highest BCUT2D eigenvalue weighted by atomic mass is 35.5. The first kappa shape index (κ1) is 15.4. The average Bonchev–Trinajstić information content (AvgIpc) is 2.47. The van der Waals surface area contributed by atoms with Crippen molar-refractivity contribution < 1.29 is 13.2 Å². The van der Waals surface area contributed by atoms with Crippen LogP contribution in [0.5, 0.6) is 5.75 Å². The average molecular weight is 329 g/mol. The van der Waals surface area contributed by atoms with Gasteiger partial charge in [-0.25, -0.2) is 8.42 Å². The molecule has 0 fully saturated rings. The predicted octanol–water partition coefficient (Wildman–Crippen LogP) is 1.83. The molecule has 0 aliphatic heterocycles. The van der Waals surface area contributed by atoms with E-state index in [-0.39, 0.29) is 16.3 Å². The summed E-state index contributed by atoms with van der Waals surface area (Å²) in [5, 5.41) is 0.372. The van der Waals surface area contributed by atoms with E-state index in [0.29, 0.717) is 10.8 Å². The first-order valence-electron chi connectivity index (χ1n) is 5.75. The molecule has 0 bridgehead atoms. The molecule has 1 aromatic heterocycles. The summed E-state index contributed by atoms with van der Waals surface area (Å²) in [7, 11) is -2.47. The number of rotatable bonds is 5. The van der Waals surface area contributed by atoms with Gasteiger partial charge in [-0.05, 0) is 24.3 Å². The molecule has 0 saturated heterocycles. The molecule has 9 heteroatoms. The van der Waals surface area contributed by atoms with Gasteiger partial charge in [0.1, 0.15) is 10.6 Å². The van der Waals surface area contributed by atoms with Crippen molar-refractivity contribution >= 4 is 33.0 Å². The minimum atomic E-state index is -3.90. The number of halogens is 1. The number of ether oxygens (including phenoxy) is 1. The number of aromatic nitrogens is 1. The van der Waals surface area contributed by atoms with Crippen LogP contribution in [0.3, 0.4) is 0 Å². The first-order chi connectivity index (χ1) is 9.97. The van der Waals surface area contributed by atoms with Gasteiger partial charge in [0.15, 0.2) is 0 Å². The Morgan fingerprint density at radius 2 is 2.05 bits per heavy atom. The zero-order valence-corrected chi connectivity index (χ0v) is 12.6. The van der Waals surface area contributed by atoms with Crippen molar-refractivity contribution in [3.8, 4) is 5.75 Å². The van der Waals surface area contributed by atoms with Crippen molar-refractivity contribution in [3.05, 3.63) is 41.7 Å². The fourth-order valence-corrected chi connectivity index (χ4v) is 3.02. The second-order valence-corrected chi connectivity index (χ2v) is 6.05. The summed E-state index contributed by atoms with van der Waals surface area (Å²) in [6, 6.07) is 6.05. The van der Waals surface area contributed by atoms with E-state index in [9.17, 15) is 8.42 Å². The third-order valence-corrected chi connectivity index (χ3v) is 4.26. The summed E-state index contributed by atoms with van der Waals surface area (Å²) in [5.41, 5.74) is 2.75. The first-order valence-corrected chi connectivity index (χ1v) is 7.61. The number of methoxy groups -OCH3 is 1. The zero-order chi connectivity index (χ0) is 15.5. The Labute approximate surface area is 127 Å². The van der Waals surface area contributed by atoms with E-state index in [4.69, 9.17) is 22.2 Å². The van der Waals surface area contributed by atoms with E-state index in [1.807, 2.05) is 0 Å². The van der Waals surface area contributed by atoms with Crippen molar-refractivity contribution in [1.82, 2.24) is 4.98 Å². The highest BCUT2D eigenvalue weighted by Gasteiger charge is 2.20. The molecule has 2 aromatic rings. The van der Waals surface area contributed by atoms with Crippen molar-refractivity contribution in [2.45, 2.75) is 4.90 Å². The number of nitrogens with zero attached hydrogens (tertiary/aromatic N) is 1. The number of nitrogens with two attached hydrogens (primary N) is 1. The SMILES string of the molecule is COc1ccc(Cl)cc1NS(=O)(=O)c1cnccc1NN. The number of sulfonamides is 1. The van der Waals surface area contributed by atoms with Crippen LogP contribution >= 0.6 is 11.6 Å². The van der Waals surface area contributed by atoms with Gasteiger partial charge in [0.05, 0.1) is 18.5 Å². The fourth-order valence-electron chi connectivity index (χ4n) is 1.67. The maximum Gasteiger partial charge on any atom is 0.265 e. The van der Waals surface area contributed by atoms with Gasteiger partial charge in [-0.15, -0.1) is 0 Å². The Balaban J connectivity index is 2.45. The number of nitrogens with one attached hydrogen (secondary N) is 2. The summed E-state index contributed by atoms with van der Waals surface area (Å²) in [5.74, 6) is 5.65. The Hall–Kier alpha value is -2.03. The van der Waals surface area contributed by atoms with Gasteiger partial charge in [0.25, 0.3) is 10.0 Å². The van der Waals surface area contributed by atoms with E-state index < -0.39 is 10.0 Å². The number of nitrogen functional groups attached to an aromatic ring is 1. The van der Waals surface area contributed by atoms with E-state index in [2.05, 4.69) is 15.1 Å². The van der Waals surface area contributed by atoms with Crippen molar-refractivity contribution in [2.24, 2.45) is 5.84 Å². The molecule has 0 spiro atoms. The van der Waals surface area contributed by atoms with Crippen LogP contribution in [0.4, 0.5) is 11.4 Å². The maximum atomic E-state index is 12.4. The Kier molecular flexibility index (Phi) is 4.51. The lowest BCUT2D eigenvalue weighted by molar-refractivity contribution is 0.417. The third kappa shape index (κ3) is 3.35. The zero-order valence-electron chi connectivity index (χ0n) is 11.0. The van der Waals surface area contributed by atoms with Crippen molar-refractivity contribution in [2.75, 3.05) is 17.3 Å². The minimum absolute atomic E-state index is 0.0884. The van der Waals surface area contributed by atoms with Gasteiger partial charge in [0.2, 0.25) is 0 Å². The van der Waals surface area contributed by atoms with Crippen LogP contribution in [-0.4, -0.2) is 20.5 Å². The summed E-state index contributed by atoms with van der Waals surface area (Å²) in [6.07, 6.45) is 2.61. The maximum absolute atomic E-state index is 12.4. The lowest BCUT2D eigenvalue weighted by Crippen LogP contribution is -2.18. The smallest absolute Gasteiger partial charge is 0.265 e. The molecule has 1 heterocycles. The van der Waals surface area contributed by atoms with Gasteiger partial charge >= 0.3 is 0 Å². The molecule has 4 N–H and O–H groups in total. The second-order valence-electron chi connectivity index (χ2n) is 3.97. The number of hydrogen-bond acceptors (Lipinski definition) is 6. The standard InChI is InChI=1S/C12H13ClN4O3S/c1-20-11-3-2-8(13)6-10(11)17-21(18,19)12-7-15-5-4-9(12)16-14/h2-7,17H,14H2,1H3,(H,15,16). The van der Waals surface area contributed by atoms with E-state index in [1.54, 1.807) is 12.1 Å². The van der Waals surface area contributed by atoms with Crippen LogP contribution in [0.25, 0.3) is 0 Å². The number of pyridine rings is 1. The molecule has 0 aliphatic carbocycles. The van der Waals surface area contributed by atoms with Crippen LogP contribution in [0.2, 0.25) is 5.02 Å². The number of benzene rings is 1. The van der Waals surface area contributed by atoms with Gasteiger partial charge in [-0.2, -0.15) is 0 Å². The Morgan fingerprint density at radius 1 is 1.29 bits per heavy atom. The summed E-state index contributed by atoms with van der Waals surface area (Å²) >= 11 is 5.87. The molecule has 0 saturated carbocycles. The summed E-state index contributed by atoms with van der Waals surface area (Å²) in [6.45, 7) is 0. The summed E-state index contributed by atoms with van der Waals surface area (Å²) < 4.78 is 32.3. The monoisotopic (exact) mass is 328 g/mol. The second kappa shape index (κ2) is 6.17. The number of anilines is 2. The van der Waals surface area contributed by atoms with Gasteiger partial charge in [-0.1, -0.05) is 11.6 Å². The van der Waals surface area contributed by atoms with Gasteiger partial charge in [-0.3, -0.25) is 15.5 Å². The molecule has 7 nitrogen and oxygen atoms in total. The van der Waals surface area contributed by atoms with Crippen molar-refractivity contribution in [1.29, 1.82) is 0 Å². The lowest BCUT2D eigenvalue weighted by atomic mass is 10.3. The number of hydrogen-bond donors (Lipinski definition) is 3.